The average Bonchev–Trinajstić information content (AvgIpc) is 2.59. The highest BCUT2D eigenvalue weighted by molar-refractivity contribution is 5.86. The van der Waals surface area contributed by atoms with E-state index in [-0.39, 0.29) is 55.6 Å². The Morgan fingerprint density at radius 2 is 1.71 bits per heavy atom. The third kappa shape index (κ3) is 6.19. The van der Waals surface area contributed by atoms with Gasteiger partial charge in [0, 0.05) is 44.3 Å². The molecule has 2 rings (SSSR count). The second kappa shape index (κ2) is 11.1. The van der Waals surface area contributed by atoms with Gasteiger partial charge in [-0.2, -0.15) is 0 Å². The number of rotatable bonds is 5. The van der Waals surface area contributed by atoms with Crippen molar-refractivity contribution >= 4 is 42.3 Å². The lowest BCUT2D eigenvalue weighted by molar-refractivity contribution is -0.133. The first kappa shape index (κ1) is 22.5. The molecule has 1 fully saturated rings. The lowest BCUT2D eigenvalue weighted by Crippen LogP contribution is -2.51. The summed E-state index contributed by atoms with van der Waals surface area (Å²) < 4.78 is 0. The molecular weight excluding hydrogens is 351 g/mol. The summed E-state index contributed by atoms with van der Waals surface area (Å²) in [7, 11) is 0. The predicted octanol–water partition coefficient (Wildman–Crippen LogP) is 0.890. The van der Waals surface area contributed by atoms with E-state index in [1.54, 1.807) is 11.8 Å². The van der Waals surface area contributed by atoms with Crippen LogP contribution in [0.2, 0.25) is 0 Å². The molecule has 0 aromatic heterocycles. The van der Waals surface area contributed by atoms with Crippen LogP contribution in [0, 0.1) is 5.92 Å². The molecule has 6 nitrogen and oxygen atoms in total. The first-order valence-corrected chi connectivity index (χ1v) is 7.67. The van der Waals surface area contributed by atoms with E-state index in [0.29, 0.717) is 13.1 Å². The molecular formula is C16H26Cl2N4O2. The van der Waals surface area contributed by atoms with Crippen LogP contribution in [0.4, 0.5) is 5.69 Å². The second-order valence-electron chi connectivity index (χ2n) is 5.56. The Balaban J connectivity index is 0.00000264. The van der Waals surface area contributed by atoms with E-state index < -0.39 is 0 Å². The zero-order chi connectivity index (χ0) is 15.9. The first-order valence-electron chi connectivity index (χ1n) is 7.67. The van der Waals surface area contributed by atoms with Crippen LogP contribution in [0.25, 0.3) is 0 Å². The molecule has 1 aromatic rings. The second-order valence-corrected chi connectivity index (χ2v) is 5.56. The number of hydrogen-bond acceptors (Lipinski definition) is 4. The molecule has 24 heavy (non-hydrogen) atoms. The summed E-state index contributed by atoms with van der Waals surface area (Å²) in [5.41, 5.74) is 6.61. The minimum absolute atomic E-state index is 0. The topological polar surface area (TPSA) is 78.7 Å². The maximum atomic E-state index is 12.1. The molecule has 0 spiro atoms. The van der Waals surface area contributed by atoms with Crippen molar-refractivity contribution in [3.63, 3.8) is 0 Å². The fourth-order valence-corrected chi connectivity index (χ4v) is 2.41. The van der Waals surface area contributed by atoms with Gasteiger partial charge in [0.15, 0.2) is 0 Å². The van der Waals surface area contributed by atoms with Gasteiger partial charge in [-0.25, -0.2) is 0 Å². The molecule has 1 unspecified atom stereocenters. The van der Waals surface area contributed by atoms with E-state index in [2.05, 4.69) is 22.3 Å². The van der Waals surface area contributed by atoms with Crippen LogP contribution in [-0.4, -0.2) is 56.0 Å². The van der Waals surface area contributed by atoms with Crippen LogP contribution in [0.5, 0.6) is 0 Å². The number of piperazine rings is 1. The number of carbonyl (C=O) groups excluding carboxylic acids is 2. The molecule has 1 saturated heterocycles. The molecule has 0 radical (unpaired) electrons. The zero-order valence-corrected chi connectivity index (χ0v) is 15.4. The number of benzene rings is 1. The zero-order valence-electron chi connectivity index (χ0n) is 13.8. The van der Waals surface area contributed by atoms with Crippen molar-refractivity contribution in [2.45, 2.75) is 6.92 Å². The highest BCUT2D eigenvalue weighted by atomic mass is 35.5. The molecule has 136 valence electrons. The Morgan fingerprint density at radius 1 is 1.12 bits per heavy atom. The smallest absolute Gasteiger partial charge is 0.242 e. The van der Waals surface area contributed by atoms with Crippen molar-refractivity contribution < 1.29 is 9.59 Å². The van der Waals surface area contributed by atoms with Crippen LogP contribution < -0.4 is 16.0 Å². The first-order chi connectivity index (χ1) is 10.6. The fourth-order valence-electron chi connectivity index (χ4n) is 2.41. The van der Waals surface area contributed by atoms with Crippen molar-refractivity contribution in [3.05, 3.63) is 30.3 Å². The number of nitrogens with zero attached hydrogens (tertiary/aromatic N) is 2. The number of nitrogens with two attached hydrogens (primary N) is 1. The molecule has 3 N–H and O–H groups in total. The van der Waals surface area contributed by atoms with Crippen LogP contribution >= 0.6 is 24.8 Å². The summed E-state index contributed by atoms with van der Waals surface area (Å²) >= 11 is 0. The summed E-state index contributed by atoms with van der Waals surface area (Å²) in [6, 6.07) is 10.2. The van der Waals surface area contributed by atoms with Gasteiger partial charge in [-0.1, -0.05) is 25.1 Å². The van der Waals surface area contributed by atoms with E-state index in [1.807, 2.05) is 18.2 Å². The molecule has 1 atom stereocenters. The molecule has 1 aliphatic rings. The standard InChI is InChI=1S/C16H24N4O2.2ClH/c1-13(11-17)16(22)18-12-15(21)20-9-7-19(8-10-20)14-5-3-2-4-6-14;;/h2-6,13H,7-12,17H2,1H3,(H,18,22);2*1H. The Morgan fingerprint density at radius 3 is 2.25 bits per heavy atom. The molecule has 0 bridgehead atoms. The Bertz CT molecular complexity index is 508. The largest absolute Gasteiger partial charge is 0.368 e. The molecule has 0 saturated carbocycles. The Kier molecular flexibility index (Phi) is 10.4. The third-order valence-corrected chi connectivity index (χ3v) is 3.97. The van der Waals surface area contributed by atoms with Crippen molar-refractivity contribution in [1.29, 1.82) is 0 Å². The van der Waals surface area contributed by atoms with Crippen molar-refractivity contribution in [2.24, 2.45) is 11.7 Å². The van der Waals surface area contributed by atoms with E-state index in [1.165, 1.54) is 5.69 Å². The number of hydrogen-bond donors (Lipinski definition) is 2. The minimum atomic E-state index is -0.261. The van der Waals surface area contributed by atoms with Gasteiger partial charge in [0.2, 0.25) is 11.8 Å². The maximum absolute atomic E-state index is 12.1. The molecule has 8 heteroatoms. The summed E-state index contributed by atoms with van der Waals surface area (Å²) in [6.45, 7) is 5.06. The minimum Gasteiger partial charge on any atom is -0.368 e. The third-order valence-electron chi connectivity index (χ3n) is 3.97. The van der Waals surface area contributed by atoms with Gasteiger partial charge in [-0.05, 0) is 12.1 Å². The molecule has 1 aliphatic heterocycles. The number of para-hydroxylation sites is 1. The van der Waals surface area contributed by atoms with Gasteiger partial charge < -0.3 is 20.9 Å². The normalized spacial score (nSPS) is 14.9. The molecule has 2 amide bonds. The van der Waals surface area contributed by atoms with Gasteiger partial charge in [0.1, 0.15) is 0 Å². The van der Waals surface area contributed by atoms with E-state index in [4.69, 9.17) is 5.73 Å². The van der Waals surface area contributed by atoms with Crippen LogP contribution in [0.1, 0.15) is 6.92 Å². The van der Waals surface area contributed by atoms with Gasteiger partial charge >= 0.3 is 0 Å². The van der Waals surface area contributed by atoms with E-state index in [9.17, 15) is 9.59 Å². The monoisotopic (exact) mass is 376 g/mol. The Labute approximate surface area is 155 Å². The van der Waals surface area contributed by atoms with Crippen molar-refractivity contribution in [2.75, 3.05) is 44.2 Å². The number of anilines is 1. The van der Waals surface area contributed by atoms with Crippen LogP contribution in [0.15, 0.2) is 30.3 Å². The average molecular weight is 377 g/mol. The molecule has 1 heterocycles. The summed E-state index contributed by atoms with van der Waals surface area (Å²) in [6.07, 6.45) is 0. The van der Waals surface area contributed by atoms with Gasteiger partial charge in [0.25, 0.3) is 0 Å². The summed E-state index contributed by atoms with van der Waals surface area (Å²) in [4.78, 5) is 27.8. The van der Waals surface area contributed by atoms with Gasteiger partial charge in [0.05, 0.1) is 6.54 Å². The predicted molar refractivity (Wildman–Crippen MR) is 101 cm³/mol. The van der Waals surface area contributed by atoms with Crippen LogP contribution in [0.3, 0.4) is 0 Å². The van der Waals surface area contributed by atoms with Gasteiger partial charge in [-0.15, -0.1) is 24.8 Å². The quantitative estimate of drug-likeness (QED) is 0.799. The SMILES string of the molecule is CC(CN)C(=O)NCC(=O)N1CCN(c2ccccc2)CC1.Cl.Cl. The maximum Gasteiger partial charge on any atom is 0.242 e. The molecule has 0 aliphatic carbocycles. The molecule has 1 aromatic carbocycles. The van der Waals surface area contributed by atoms with Crippen LogP contribution in [-0.2, 0) is 9.59 Å². The van der Waals surface area contributed by atoms with E-state index in [0.717, 1.165) is 13.1 Å². The summed E-state index contributed by atoms with van der Waals surface area (Å²) in [5, 5.41) is 2.65. The van der Waals surface area contributed by atoms with Crippen molar-refractivity contribution in [1.82, 2.24) is 10.2 Å². The van der Waals surface area contributed by atoms with Gasteiger partial charge in [-0.3, -0.25) is 9.59 Å². The number of carbonyl (C=O) groups is 2. The lowest BCUT2D eigenvalue weighted by atomic mass is 10.2. The van der Waals surface area contributed by atoms with Crippen molar-refractivity contribution in [3.8, 4) is 0 Å². The highest BCUT2D eigenvalue weighted by Gasteiger charge is 2.22. The Hall–Kier alpha value is -1.50. The van der Waals surface area contributed by atoms with E-state index >= 15 is 0 Å². The fraction of sp³-hybridized carbons (Fsp3) is 0.500. The number of amides is 2. The number of nitrogens with one attached hydrogen (secondary N) is 1. The summed E-state index contributed by atoms with van der Waals surface area (Å²) in [5.74, 6) is -0.466. The highest BCUT2D eigenvalue weighted by Crippen LogP contribution is 2.15. The lowest BCUT2D eigenvalue weighted by Gasteiger charge is -2.36. The number of halogens is 2.